The molecular formula is C20H23ClO4. The number of esters is 1. The van der Waals surface area contributed by atoms with Gasteiger partial charge in [0.2, 0.25) is 0 Å². The van der Waals surface area contributed by atoms with E-state index in [2.05, 4.69) is 0 Å². The number of carbonyl (C=O) groups is 1. The maximum absolute atomic E-state index is 11.9. The van der Waals surface area contributed by atoms with Crippen molar-refractivity contribution < 1.29 is 19.0 Å². The lowest BCUT2D eigenvalue weighted by Crippen LogP contribution is -2.39. The van der Waals surface area contributed by atoms with Gasteiger partial charge in [-0.2, -0.15) is 0 Å². The zero-order valence-corrected chi connectivity index (χ0v) is 15.7. The van der Waals surface area contributed by atoms with Crippen molar-refractivity contribution in [2.24, 2.45) is 0 Å². The third kappa shape index (κ3) is 5.40. The first kappa shape index (κ1) is 19.1. The molecule has 25 heavy (non-hydrogen) atoms. The highest BCUT2D eigenvalue weighted by atomic mass is 35.5. The number of hydrogen-bond acceptors (Lipinski definition) is 4. The number of carbonyl (C=O) groups excluding carboxylic acids is 1. The van der Waals surface area contributed by atoms with Crippen LogP contribution in [0.25, 0.3) is 0 Å². The number of ether oxygens (including phenoxy) is 3. The SMILES string of the molecule is CCOC(=O)C(C)(C)Oc1ccc(OC(C)c2ccc(Cl)cc2)cc1. The van der Waals surface area contributed by atoms with Gasteiger partial charge >= 0.3 is 5.97 Å². The van der Waals surface area contributed by atoms with E-state index in [0.717, 1.165) is 5.56 Å². The van der Waals surface area contributed by atoms with Gasteiger partial charge in [0.1, 0.15) is 17.6 Å². The molecule has 0 aromatic heterocycles. The van der Waals surface area contributed by atoms with Crippen molar-refractivity contribution in [1.82, 2.24) is 0 Å². The van der Waals surface area contributed by atoms with Crippen molar-refractivity contribution in [2.45, 2.75) is 39.4 Å². The molecule has 2 rings (SSSR count). The smallest absolute Gasteiger partial charge is 0.349 e. The molecule has 0 radical (unpaired) electrons. The molecule has 0 amide bonds. The van der Waals surface area contributed by atoms with E-state index < -0.39 is 11.6 Å². The molecular weight excluding hydrogens is 340 g/mol. The zero-order valence-electron chi connectivity index (χ0n) is 14.9. The molecule has 0 heterocycles. The second kappa shape index (κ2) is 8.26. The van der Waals surface area contributed by atoms with Crippen LogP contribution in [0.5, 0.6) is 11.5 Å². The van der Waals surface area contributed by atoms with Gasteiger partial charge in [-0.1, -0.05) is 23.7 Å². The highest BCUT2D eigenvalue weighted by Gasteiger charge is 2.31. The predicted molar refractivity (Wildman–Crippen MR) is 98.3 cm³/mol. The Morgan fingerprint density at radius 3 is 2.16 bits per heavy atom. The zero-order chi connectivity index (χ0) is 18.4. The van der Waals surface area contributed by atoms with Gasteiger partial charge in [-0.3, -0.25) is 0 Å². The van der Waals surface area contributed by atoms with Crippen molar-refractivity contribution >= 4 is 17.6 Å². The first-order valence-electron chi connectivity index (χ1n) is 8.20. The highest BCUT2D eigenvalue weighted by Crippen LogP contribution is 2.26. The van der Waals surface area contributed by atoms with E-state index in [1.807, 2.05) is 43.3 Å². The Labute approximate surface area is 153 Å². The second-order valence-electron chi connectivity index (χ2n) is 6.12. The Balaban J connectivity index is 1.99. The lowest BCUT2D eigenvalue weighted by molar-refractivity contribution is -0.158. The van der Waals surface area contributed by atoms with Crippen LogP contribution in [0.2, 0.25) is 5.02 Å². The summed E-state index contributed by atoms with van der Waals surface area (Å²) in [5.41, 5.74) is -0.0113. The normalized spacial score (nSPS) is 12.4. The van der Waals surface area contributed by atoms with Crippen LogP contribution in [-0.4, -0.2) is 18.2 Å². The average molecular weight is 363 g/mol. The Bertz CT molecular complexity index is 693. The Kier molecular flexibility index (Phi) is 6.32. The van der Waals surface area contributed by atoms with E-state index >= 15 is 0 Å². The van der Waals surface area contributed by atoms with E-state index in [0.29, 0.717) is 23.1 Å². The molecule has 0 bridgehead atoms. The molecule has 0 fully saturated rings. The van der Waals surface area contributed by atoms with Gasteiger partial charge in [0.15, 0.2) is 5.60 Å². The summed E-state index contributed by atoms with van der Waals surface area (Å²) in [6.45, 7) is 7.41. The Morgan fingerprint density at radius 1 is 1.04 bits per heavy atom. The minimum absolute atomic E-state index is 0.111. The maximum atomic E-state index is 11.9. The molecule has 0 spiro atoms. The summed E-state index contributed by atoms with van der Waals surface area (Å²) in [7, 11) is 0. The third-order valence-electron chi connectivity index (χ3n) is 3.62. The fourth-order valence-electron chi connectivity index (χ4n) is 2.23. The van der Waals surface area contributed by atoms with Crippen LogP contribution < -0.4 is 9.47 Å². The number of hydrogen-bond donors (Lipinski definition) is 0. The lowest BCUT2D eigenvalue weighted by Gasteiger charge is -2.24. The van der Waals surface area contributed by atoms with Gasteiger partial charge in [0, 0.05) is 5.02 Å². The Morgan fingerprint density at radius 2 is 1.60 bits per heavy atom. The molecule has 4 nitrogen and oxygen atoms in total. The van der Waals surface area contributed by atoms with Crippen molar-refractivity contribution in [3.05, 3.63) is 59.1 Å². The van der Waals surface area contributed by atoms with Crippen LogP contribution in [0.1, 0.15) is 39.4 Å². The number of halogens is 1. The van der Waals surface area contributed by atoms with E-state index in [9.17, 15) is 4.79 Å². The molecule has 2 aromatic rings. The van der Waals surface area contributed by atoms with Crippen molar-refractivity contribution in [2.75, 3.05) is 6.61 Å². The monoisotopic (exact) mass is 362 g/mol. The maximum Gasteiger partial charge on any atom is 0.349 e. The minimum atomic E-state index is -1.05. The van der Waals surface area contributed by atoms with Crippen molar-refractivity contribution in [1.29, 1.82) is 0 Å². The molecule has 0 aliphatic rings. The van der Waals surface area contributed by atoms with Gasteiger partial charge in [-0.15, -0.1) is 0 Å². The molecule has 134 valence electrons. The van der Waals surface area contributed by atoms with Crippen LogP contribution >= 0.6 is 11.6 Å². The van der Waals surface area contributed by atoms with Gasteiger partial charge in [0.25, 0.3) is 0 Å². The topological polar surface area (TPSA) is 44.8 Å². The van der Waals surface area contributed by atoms with Crippen LogP contribution in [-0.2, 0) is 9.53 Å². The number of rotatable bonds is 7. The van der Waals surface area contributed by atoms with Crippen LogP contribution in [0, 0.1) is 0 Å². The lowest BCUT2D eigenvalue weighted by atomic mass is 10.1. The van der Waals surface area contributed by atoms with E-state index in [-0.39, 0.29) is 6.10 Å². The summed E-state index contributed by atoms with van der Waals surface area (Å²) in [4.78, 5) is 11.9. The van der Waals surface area contributed by atoms with E-state index in [1.54, 1.807) is 32.9 Å². The van der Waals surface area contributed by atoms with Crippen LogP contribution in [0.15, 0.2) is 48.5 Å². The highest BCUT2D eigenvalue weighted by molar-refractivity contribution is 6.30. The fourth-order valence-corrected chi connectivity index (χ4v) is 2.36. The second-order valence-corrected chi connectivity index (χ2v) is 6.55. The number of benzene rings is 2. The van der Waals surface area contributed by atoms with Crippen molar-refractivity contribution in [3.8, 4) is 11.5 Å². The summed E-state index contributed by atoms with van der Waals surface area (Å²) in [6.07, 6.45) is -0.111. The molecule has 0 aliphatic carbocycles. The summed E-state index contributed by atoms with van der Waals surface area (Å²) >= 11 is 5.90. The van der Waals surface area contributed by atoms with Gasteiger partial charge in [-0.05, 0) is 69.7 Å². The summed E-state index contributed by atoms with van der Waals surface area (Å²) in [5.74, 6) is 0.889. The first-order valence-corrected chi connectivity index (χ1v) is 8.58. The molecule has 0 aliphatic heterocycles. The van der Waals surface area contributed by atoms with Crippen LogP contribution in [0.3, 0.4) is 0 Å². The van der Waals surface area contributed by atoms with Gasteiger partial charge in [0.05, 0.1) is 6.61 Å². The third-order valence-corrected chi connectivity index (χ3v) is 3.87. The molecule has 0 saturated heterocycles. The summed E-state index contributed by atoms with van der Waals surface area (Å²) in [6, 6.07) is 14.7. The standard InChI is InChI=1S/C20H23ClO4/c1-5-23-19(22)20(3,4)25-18-12-10-17(11-13-18)24-14(2)15-6-8-16(21)9-7-15/h6-14H,5H2,1-4H3. The van der Waals surface area contributed by atoms with Gasteiger partial charge < -0.3 is 14.2 Å². The predicted octanol–water partition coefficient (Wildman–Crippen LogP) is 5.20. The van der Waals surface area contributed by atoms with Gasteiger partial charge in [-0.25, -0.2) is 4.79 Å². The van der Waals surface area contributed by atoms with Crippen LogP contribution in [0.4, 0.5) is 0 Å². The molecule has 1 atom stereocenters. The molecule has 5 heteroatoms. The molecule has 0 N–H and O–H groups in total. The molecule has 2 aromatic carbocycles. The Hall–Kier alpha value is -2.20. The van der Waals surface area contributed by atoms with E-state index in [1.165, 1.54) is 0 Å². The first-order chi connectivity index (χ1) is 11.8. The molecule has 1 unspecified atom stereocenters. The fraction of sp³-hybridized carbons (Fsp3) is 0.350. The largest absolute Gasteiger partial charge is 0.486 e. The van der Waals surface area contributed by atoms with E-state index in [4.69, 9.17) is 25.8 Å². The summed E-state index contributed by atoms with van der Waals surface area (Å²) < 4.78 is 16.7. The average Bonchev–Trinajstić information content (AvgIpc) is 2.57. The summed E-state index contributed by atoms with van der Waals surface area (Å²) in [5, 5.41) is 0.696. The van der Waals surface area contributed by atoms with Crippen molar-refractivity contribution in [3.63, 3.8) is 0 Å². The molecule has 0 saturated carbocycles. The quantitative estimate of drug-likeness (QED) is 0.635. The minimum Gasteiger partial charge on any atom is -0.486 e.